The van der Waals surface area contributed by atoms with Crippen molar-refractivity contribution < 1.29 is 19.1 Å². The molecule has 20 heavy (non-hydrogen) atoms. The number of esters is 1. The maximum Gasteiger partial charge on any atom is 0.328 e. The van der Waals surface area contributed by atoms with E-state index < -0.39 is 12.0 Å². The summed E-state index contributed by atoms with van der Waals surface area (Å²) in [4.78, 5) is 27.5. The van der Waals surface area contributed by atoms with Crippen LogP contribution in [0.4, 0.5) is 0 Å². The van der Waals surface area contributed by atoms with Crippen LogP contribution in [0.3, 0.4) is 0 Å². The van der Waals surface area contributed by atoms with Crippen molar-refractivity contribution in [2.45, 2.75) is 26.3 Å². The molecule has 0 aliphatic rings. The monoisotopic (exact) mass is 280 g/mol. The fraction of sp³-hybridized carbons (Fsp3) is 0.500. The molecule has 0 saturated carbocycles. The zero-order valence-corrected chi connectivity index (χ0v) is 12.2. The molecule has 1 N–H and O–H groups in total. The lowest BCUT2D eigenvalue weighted by Gasteiger charge is -2.17. The van der Waals surface area contributed by atoms with E-state index in [-0.39, 0.29) is 11.8 Å². The first-order valence-electron chi connectivity index (χ1n) is 6.35. The quantitative estimate of drug-likeness (QED) is 0.785. The van der Waals surface area contributed by atoms with Crippen molar-refractivity contribution in [2.24, 2.45) is 5.92 Å². The highest BCUT2D eigenvalue weighted by atomic mass is 16.5. The maximum atomic E-state index is 11.7. The van der Waals surface area contributed by atoms with Crippen LogP contribution in [0.15, 0.2) is 18.3 Å². The first-order chi connectivity index (χ1) is 9.47. The van der Waals surface area contributed by atoms with Crippen LogP contribution >= 0.6 is 0 Å². The van der Waals surface area contributed by atoms with Gasteiger partial charge in [0, 0.05) is 24.6 Å². The second kappa shape index (κ2) is 7.47. The molecule has 0 aliphatic carbocycles. The first-order valence-corrected chi connectivity index (χ1v) is 6.35. The predicted molar refractivity (Wildman–Crippen MR) is 73.3 cm³/mol. The maximum absolute atomic E-state index is 11.7. The minimum atomic E-state index is -0.718. The van der Waals surface area contributed by atoms with E-state index in [0.29, 0.717) is 12.3 Å². The Morgan fingerprint density at radius 2 is 2.00 bits per heavy atom. The third kappa shape index (κ3) is 4.53. The van der Waals surface area contributed by atoms with Gasteiger partial charge in [-0.15, -0.1) is 0 Å². The minimum Gasteiger partial charge on any atom is -0.481 e. The Morgan fingerprint density at radius 3 is 2.45 bits per heavy atom. The number of rotatable bonds is 6. The van der Waals surface area contributed by atoms with Crippen molar-refractivity contribution in [1.82, 2.24) is 10.3 Å². The van der Waals surface area contributed by atoms with Crippen LogP contribution in [0.2, 0.25) is 0 Å². The molecule has 0 aliphatic heterocycles. The molecule has 0 unspecified atom stereocenters. The summed E-state index contributed by atoms with van der Waals surface area (Å²) in [6, 6.07) is 2.78. The number of amides is 1. The Hall–Kier alpha value is -2.11. The summed E-state index contributed by atoms with van der Waals surface area (Å²) in [6.07, 6.45) is 1.93. The molecule has 0 spiro atoms. The van der Waals surface area contributed by atoms with Crippen LogP contribution < -0.4 is 10.1 Å². The molecule has 110 valence electrons. The third-order valence-corrected chi connectivity index (χ3v) is 2.77. The average Bonchev–Trinajstić information content (AvgIpc) is 2.46. The number of pyridine rings is 1. The van der Waals surface area contributed by atoms with E-state index in [2.05, 4.69) is 10.3 Å². The summed E-state index contributed by atoms with van der Waals surface area (Å²) in [5.74, 6) is -0.373. The van der Waals surface area contributed by atoms with Crippen molar-refractivity contribution >= 4 is 11.9 Å². The molecule has 1 amide bonds. The van der Waals surface area contributed by atoms with Gasteiger partial charge >= 0.3 is 5.97 Å². The highest BCUT2D eigenvalue weighted by molar-refractivity contribution is 5.85. The average molecular weight is 280 g/mol. The number of nitrogens with one attached hydrogen (secondary N) is 1. The molecule has 6 nitrogen and oxygen atoms in total. The molecule has 0 bridgehead atoms. The molecular weight excluding hydrogens is 260 g/mol. The van der Waals surface area contributed by atoms with Gasteiger partial charge in [-0.1, -0.05) is 19.9 Å². The van der Waals surface area contributed by atoms with Gasteiger partial charge in [-0.3, -0.25) is 4.79 Å². The Kier molecular flexibility index (Phi) is 5.96. The summed E-state index contributed by atoms with van der Waals surface area (Å²) in [5.41, 5.74) is 0.810. The van der Waals surface area contributed by atoms with Gasteiger partial charge < -0.3 is 14.8 Å². The van der Waals surface area contributed by atoms with Gasteiger partial charge in [-0.05, 0) is 5.56 Å². The normalized spacial score (nSPS) is 11.8. The lowest BCUT2D eigenvalue weighted by atomic mass is 10.1. The van der Waals surface area contributed by atoms with Gasteiger partial charge in [0.15, 0.2) is 0 Å². The van der Waals surface area contributed by atoms with Crippen LogP contribution in [-0.2, 0) is 20.7 Å². The number of hydrogen-bond donors (Lipinski definition) is 1. The summed E-state index contributed by atoms with van der Waals surface area (Å²) in [6.45, 7) is 3.53. The molecule has 0 radical (unpaired) electrons. The summed E-state index contributed by atoms with van der Waals surface area (Å²) < 4.78 is 9.68. The Bertz CT molecular complexity index is 457. The SMILES string of the molecule is COC(=O)[C@H](Cc1ccc(OC)nc1)NC(=O)C(C)C. The Balaban J connectivity index is 2.78. The number of hydrogen-bond acceptors (Lipinski definition) is 5. The van der Waals surface area contributed by atoms with E-state index in [1.54, 1.807) is 32.2 Å². The Morgan fingerprint density at radius 1 is 1.30 bits per heavy atom. The number of methoxy groups -OCH3 is 2. The van der Waals surface area contributed by atoms with E-state index in [4.69, 9.17) is 9.47 Å². The zero-order valence-electron chi connectivity index (χ0n) is 12.2. The first kappa shape index (κ1) is 15.9. The molecule has 0 fully saturated rings. The van der Waals surface area contributed by atoms with Crippen LogP contribution in [0.5, 0.6) is 5.88 Å². The van der Waals surface area contributed by atoms with Crippen LogP contribution in [0, 0.1) is 5.92 Å². The smallest absolute Gasteiger partial charge is 0.328 e. The second-order valence-corrected chi connectivity index (χ2v) is 4.65. The largest absolute Gasteiger partial charge is 0.481 e. The molecule has 1 heterocycles. The Labute approximate surface area is 118 Å². The highest BCUT2D eigenvalue weighted by Gasteiger charge is 2.23. The lowest BCUT2D eigenvalue weighted by Crippen LogP contribution is -2.44. The predicted octanol–water partition coefficient (Wildman–Crippen LogP) is 0.946. The molecule has 0 saturated heterocycles. The van der Waals surface area contributed by atoms with Crippen LogP contribution in [-0.4, -0.2) is 37.1 Å². The van der Waals surface area contributed by atoms with Gasteiger partial charge in [0.1, 0.15) is 6.04 Å². The van der Waals surface area contributed by atoms with E-state index in [1.165, 1.54) is 14.2 Å². The zero-order chi connectivity index (χ0) is 15.1. The number of aromatic nitrogens is 1. The van der Waals surface area contributed by atoms with E-state index in [1.807, 2.05) is 0 Å². The van der Waals surface area contributed by atoms with Gasteiger partial charge in [0.05, 0.1) is 14.2 Å². The summed E-state index contributed by atoms with van der Waals surface area (Å²) in [7, 11) is 2.82. The number of nitrogens with zero attached hydrogens (tertiary/aromatic N) is 1. The summed E-state index contributed by atoms with van der Waals surface area (Å²) >= 11 is 0. The molecular formula is C14H20N2O4. The van der Waals surface area contributed by atoms with Gasteiger partial charge in [-0.2, -0.15) is 0 Å². The molecule has 1 aromatic rings. The van der Waals surface area contributed by atoms with E-state index >= 15 is 0 Å². The number of carbonyl (C=O) groups excluding carboxylic acids is 2. The van der Waals surface area contributed by atoms with Crippen molar-refractivity contribution in [1.29, 1.82) is 0 Å². The van der Waals surface area contributed by atoms with E-state index in [9.17, 15) is 9.59 Å². The molecule has 1 aromatic heterocycles. The molecule has 6 heteroatoms. The number of ether oxygens (including phenoxy) is 2. The van der Waals surface area contributed by atoms with E-state index in [0.717, 1.165) is 5.56 Å². The van der Waals surface area contributed by atoms with Crippen LogP contribution in [0.25, 0.3) is 0 Å². The second-order valence-electron chi connectivity index (χ2n) is 4.65. The van der Waals surface area contributed by atoms with Crippen molar-refractivity contribution in [3.8, 4) is 5.88 Å². The molecule has 1 rings (SSSR count). The van der Waals surface area contributed by atoms with Gasteiger partial charge in [0.2, 0.25) is 11.8 Å². The number of carbonyl (C=O) groups is 2. The van der Waals surface area contributed by atoms with Crippen molar-refractivity contribution in [3.05, 3.63) is 23.9 Å². The van der Waals surface area contributed by atoms with Crippen molar-refractivity contribution in [3.63, 3.8) is 0 Å². The third-order valence-electron chi connectivity index (χ3n) is 2.77. The highest BCUT2D eigenvalue weighted by Crippen LogP contribution is 2.09. The molecule has 1 atom stereocenters. The lowest BCUT2D eigenvalue weighted by molar-refractivity contribution is -0.145. The fourth-order valence-corrected chi connectivity index (χ4v) is 1.56. The van der Waals surface area contributed by atoms with Crippen molar-refractivity contribution in [2.75, 3.05) is 14.2 Å². The van der Waals surface area contributed by atoms with Gasteiger partial charge in [0.25, 0.3) is 0 Å². The minimum absolute atomic E-state index is 0.193. The topological polar surface area (TPSA) is 77.5 Å². The molecule has 0 aromatic carbocycles. The summed E-state index contributed by atoms with van der Waals surface area (Å²) in [5, 5.41) is 2.67. The fourth-order valence-electron chi connectivity index (χ4n) is 1.56. The van der Waals surface area contributed by atoms with Gasteiger partial charge in [-0.25, -0.2) is 9.78 Å². The standard InChI is InChI=1S/C14H20N2O4/c1-9(2)13(17)16-11(14(18)20-4)7-10-5-6-12(19-3)15-8-10/h5-6,8-9,11H,7H2,1-4H3,(H,16,17)/t11-/m0/s1. The van der Waals surface area contributed by atoms with Crippen LogP contribution in [0.1, 0.15) is 19.4 Å².